The van der Waals surface area contributed by atoms with Gasteiger partial charge in [-0.15, -0.1) is 24.0 Å². The zero-order valence-electron chi connectivity index (χ0n) is 15.8. The summed E-state index contributed by atoms with van der Waals surface area (Å²) in [5.41, 5.74) is 2.67. The summed E-state index contributed by atoms with van der Waals surface area (Å²) in [5.74, 6) is 2.33. The van der Waals surface area contributed by atoms with Gasteiger partial charge in [0.25, 0.3) is 0 Å². The molecule has 0 spiro atoms. The van der Waals surface area contributed by atoms with Crippen LogP contribution in [0, 0.1) is 6.92 Å². The Hall–Kier alpha value is -0.630. The molecule has 0 aliphatic carbocycles. The summed E-state index contributed by atoms with van der Waals surface area (Å²) < 4.78 is 0. The van der Waals surface area contributed by atoms with E-state index in [4.69, 9.17) is 4.99 Å². The van der Waals surface area contributed by atoms with Gasteiger partial charge in [0.2, 0.25) is 0 Å². The van der Waals surface area contributed by atoms with Crippen LogP contribution in [0.15, 0.2) is 29.3 Å². The van der Waals surface area contributed by atoms with E-state index in [1.807, 2.05) is 11.8 Å². The topological polar surface area (TPSA) is 30.9 Å². The second-order valence-electron chi connectivity index (χ2n) is 6.25. The van der Waals surface area contributed by atoms with Gasteiger partial charge in [0.1, 0.15) is 0 Å². The summed E-state index contributed by atoms with van der Waals surface area (Å²) >= 11 is 1.92. The monoisotopic (exact) mass is 476 g/mol. The van der Waals surface area contributed by atoms with E-state index < -0.39 is 0 Å². The second-order valence-corrected chi connectivity index (χ2v) is 7.23. The minimum atomic E-state index is 0. The molecular formula is C19H33IN4S. The summed E-state index contributed by atoms with van der Waals surface area (Å²) in [5, 5.41) is 3.46. The number of guanidine groups is 1. The number of aliphatic imine (C=N–C) groups is 1. The first-order valence-corrected chi connectivity index (χ1v) is 10.5. The van der Waals surface area contributed by atoms with Crippen LogP contribution in [-0.2, 0) is 0 Å². The molecule has 0 saturated carbocycles. The fourth-order valence-electron chi connectivity index (χ4n) is 2.97. The van der Waals surface area contributed by atoms with E-state index in [-0.39, 0.29) is 24.0 Å². The lowest BCUT2D eigenvalue weighted by molar-refractivity contribution is 0.372. The molecule has 0 bridgehead atoms. The Morgan fingerprint density at radius 3 is 2.60 bits per heavy atom. The summed E-state index contributed by atoms with van der Waals surface area (Å²) in [6.07, 6.45) is 4.60. The van der Waals surface area contributed by atoms with E-state index in [2.05, 4.69) is 59.5 Å². The average molecular weight is 476 g/mol. The zero-order valence-corrected chi connectivity index (χ0v) is 19.0. The molecule has 1 heterocycles. The van der Waals surface area contributed by atoms with Gasteiger partial charge in [-0.05, 0) is 56.4 Å². The maximum Gasteiger partial charge on any atom is 0.194 e. The first-order chi connectivity index (χ1) is 11.7. The molecule has 0 atom stereocenters. The Kier molecular flexibility index (Phi) is 11.4. The first-order valence-electron chi connectivity index (χ1n) is 9.08. The number of rotatable bonds is 7. The molecular weight excluding hydrogens is 443 g/mol. The molecule has 1 fully saturated rings. The van der Waals surface area contributed by atoms with Crippen molar-refractivity contribution in [2.45, 2.75) is 26.7 Å². The van der Waals surface area contributed by atoms with Crippen molar-refractivity contribution in [3.8, 4) is 0 Å². The fraction of sp³-hybridized carbons (Fsp3) is 0.632. The van der Waals surface area contributed by atoms with Gasteiger partial charge in [0.15, 0.2) is 5.96 Å². The van der Waals surface area contributed by atoms with Gasteiger partial charge in [-0.25, -0.2) is 0 Å². The fourth-order valence-corrected chi connectivity index (χ4v) is 3.46. The van der Waals surface area contributed by atoms with E-state index in [9.17, 15) is 0 Å². The lowest BCUT2D eigenvalue weighted by Gasteiger charge is -2.37. The number of unbranched alkanes of at least 4 members (excludes halogenated alkanes) is 1. The highest BCUT2D eigenvalue weighted by Crippen LogP contribution is 2.17. The van der Waals surface area contributed by atoms with Crippen molar-refractivity contribution in [3.63, 3.8) is 0 Å². The van der Waals surface area contributed by atoms with Crippen molar-refractivity contribution in [1.29, 1.82) is 0 Å². The maximum absolute atomic E-state index is 4.82. The number of anilines is 1. The number of hydrogen-bond acceptors (Lipinski definition) is 3. The molecule has 1 aliphatic heterocycles. The maximum atomic E-state index is 4.82. The van der Waals surface area contributed by atoms with Crippen LogP contribution >= 0.6 is 35.7 Å². The molecule has 2 rings (SSSR count). The van der Waals surface area contributed by atoms with Crippen molar-refractivity contribution < 1.29 is 0 Å². The molecule has 4 nitrogen and oxygen atoms in total. The largest absolute Gasteiger partial charge is 0.368 e. The van der Waals surface area contributed by atoms with Crippen molar-refractivity contribution in [1.82, 2.24) is 10.2 Å². The minimum absolute atomic E-state index is 0. The Labute approximate surface area is 174 Å². The molecule has 142 valence electrons. The molecule has 1 aromatic rings. The third kappa shape index (κ3) is 7.64. The van der Waals surface area contributed by atoms with E-state index >= 15 is 0 Å². The highest BCUT2D eigenvalue weighted by atomic mass is 127. The Morgan fingerprint density at radius 1 is 1.20 bits per heavy atom. The van der Waals surface area contributed by atoms with Crippen LogP contribution in [0.4, 0.5) is 5.69 Å². The molecule has 0 amide bonds. The Morgan fingerprint density at radius 2 is 1.96 bits per heavy atom. The van der Waals surface area contributed by atoms with E-state index in [0.29, 0.717) is 0 Å². The molecule has 0 unspecified atom stereocenters. The highest BCUT2D eigenvalue weighted by Gasteiger charge is 2.19. The molecule has 25 heavy (non-hydrogen) atoms. The minimum Gasteiger partial charge on any atom is -0.368 e. The third-order valence-electron chi connectivity index (χ3n) is 4.30. The van der Waals surface area contributed by atoms with Gasteiger partial charge in [0.05, 0.1) is 0 Å². The van der Waals surface area contributed by atoms with Gasteiger partial charge in [-0.3, -0.25) is 4.99 Å². The lowest BCUT2D eigenvalue weighted by atomic mass is 10.2. The number of benzene rings is 1. The third-order valence-corrected chi connectivity index (χ3v) is 5.00. The van der Waals surface area contributed by atoms with Gasteiger partial charge in [-0.2, -0.15) is 11.8 Å². The van der Waals surface area contributed by atoms with Gasteiger partial charge in [-0.1, -0.05) is 12.1 Å². The average Bonchev–Trinajstić information content (AvgIpc) is 2.61. The zero-order chi connectivity index (χ0) is 17.2. The molecule has 1 aromatic carbocycles. The molecule has 0 radical (unpaired) electrons. The van der Waals surface area contributed by atoms with E-state index in [0.717, 1.165) is 45.2 Å². The quantitative estimate of drug-likeness (QED) is 0.281. The number of nitrogens with one attached hydrogen (secondary N) is 1. The summed E-state index contributed by atoms with van der Waals surface area (Å²) in [7, 11) is 0. The second kappa shape index (κ2) is 12.7. The van der Waals surface area contributed by atoms with Crippen LogP contribution in [0.3, 0.4) is 0 Å². The standard InChI is InChI=1S/C19H32N4S.HI/c1-4-20-19(21-10-5-6-15-24-3)23-13-11-22(12-14-23)18-9-7-8-17(2)16-18;/h7-9,16H,4-6,10-15H2,1-3H3,(H,20,21);1H. The highest BCUT2D eigenvalue weighted by molar-refractivity contribution is 14.0. The summed E-state index contributed by atoms with van der Waals surface area (Å²) in [4.78, 5) is 9.71. The SMILES string of the molecule is CCNC(=NCCCCSC)N1CCN(c2cccc(C)c2)CC1.I. The summed E-state index contributed by atoms with van der Waals surface area (Å²) in [6.45, 7) is 10.3. The molecule has 1 saturated heterocycles. The normalized spacial score (nSPS) is 15.1. The predicted octanol–water partition coefficient (Wildman–Crippen LogP) is 3.84. The van der Waals surface area contributed by atoms with Gasteiger partial charge < -0.3 is 15.1 Å². The summed E-state index contributed by atoms with van der Waals surface area (Å²) in [6, 6.07) is 8.80. The Bertz CT molecular complexity index is 516. The van der Waals surface area contributed by atoms with Gasteiger partial charge >= 0.3 is 0 Å². The van der Waals surface area contributed by atoms with Crippen molar-refractivity contribution in [3.05, 3.63) is 29.8 Å². The Balaban J connectivity index is 0.00000312. The van der Waals surface area contributed by atoms with Crippen LogP contribution in [-0.4, -0.2) is 62.1 Å². The number of hydrogen-bond donors (Lipinski definition) is 1. The molecule has 1 aliphatic rings. The van der Waals surface area contributed by atoms with Gasteiger partial charge in [0, 0.05) is 45.0 Å². The number of nitrogens with zero attached hydrogens (tertiary/aromatic N) is 3. The number of thioether (sulfide) groups is 1. The van der Waals surface area contributed by atoms with Crippen LogP contribution in [0.25, 0.3) is 0 Å². The number of piperazine rings is 1. The molecule has 0 aromatic heterocycles. The van der Waals surface area contributed by atoms with Crippen LogP contribution in [0.1, 0.15) is 25.3 Å². The van der Waals surface area contributed by atoms with E-state index in [1.54, 1.807) is 0 Å². The molecule has 6 heteroatoms. The van der Waals surface area contributed by atoms with Crippen molar-refractivity contribution in [2.24, 2.45) is 4.99 Å². The first kappa shape index (κ1) is 22.4. The molecule has 1 N–H and O–H groups in total. The van der Waals surface area contributed by atoms with Crippen LogP contribution in [0.5, 0.6) is 0 Å². The van der Waals surface area contributed by atoms with Crippen molar-refractivity contribution >= 4 is 47.4 Å². The lowest BCUT2D eigenvalue weighted by Crippen LogP contribution is -2.52. The predicted molar refractivity (Wildman–Crippen MR) is 124 cm³/mol. The number of halogens is 1. The van der Waals surface area contributed by atoms with Crippen LogP contribution in [0.2, 0.25) is 0 Å². The van der Waals surface area contributed by atoms with Crippen molar-refractivity contribution in [2.75, 3.05) is 56.2 Å². The number of aryl methyl sites for hydroxylation is 1. The smallest absolute Gasteiger partial charge is 0.194 e. The van der Waals surface area contributed by atoms with E-state index in [1.165, 1.54) is 29.8 Å². The van der Waals surface area contributed by atoms with Crippen LogP contribution < -0.4 is 10.2 Å².